The molecule has 0 aromatic heterocycles. The average molecular weight is 437 g/mol. The van der Waals surface area contributed by atoms with Crippen LogP contribution in [-0.4, -0.2) is 23.8 Å². The number of nitrogens with two attached hydrogens (primary N) is 1. The molecular weight excluding hydrogens is 400 g/mol. The molecule has 0 radical (unpaired) electrons. The first-order chi connectivity index (χ1) is 13.7. The number of rotatable bonds is 3. The average Bonchev–Trinajstić information content (AvgIpc) is 2.64. The lowest BCUT2D eigenvalue weighted by Crippen LogP contribution is -2.41. The summed E-state index contributed by atoms with van der Waals surface area (Å²) in [6.07, 6.45) is 15.3. The lowest BCUT2D eigenvalue weighted by atomic mass is 9.85. The van der Waals surface area contributed by atoms with E-state index in [0.29, 0.717) is 17.9 Å². The van der Waals surface area contributed by atoms with Crippen molar-refractivity contribution in [2.24, 2.45) is 17.6 Å². The third kappa shape index (κ3) is 13.2. The molecule has 6 nitrogen and oxygen atoms in total. The standard InChI is InChI=1S/C14H22N2O2.C9H14N2.ClH/c1-14(2,3)18-13(17)16-12-8-4-6-11(10-12)7-5-9-15;10-6-2-4-8-3-1-5-9(11)7-8;/h5,7,11-12H,4,6,8,10H2,1-3H3,(H,16,17);2,4,8-9H,1,3,5,7,11H2;1H. The number of allylic oxidation sites excluding steroid dienone is 4. The molecule has 7 heteroatoms. The van der Waals surface area contributed by atoms with E-state index in [0.717, 1.165) is 38.5 Å². The van der Waals surface area contributed by atoms with Gasteiger partial charge in [-0.3, -0.25) is 0 Å². The van der Waals surface area contributed by atoms with Crippen LogP contribution in [0.1, 0.15) is 72.1 Å². The molecular formula is C23H37ClN4O2. The first kappa shape index (κ1) is 28.0. The van der Waals surface area contributed by atoms with Gasteiger partial charge in [-0.15, -0.1) is 12.4 Å². The van der Waals surface area contributed by atoms with E-state index < -0.39 is 5.60 Å². The van der Waals surface area contributed by atoms with Crippen molar-refractivity contribution in [2.45, 2.75) is 89.8 Å². The third-order valence-electron chi connectivity index (χ3n) is 5.08. The number of nitriles is 2. The fourth-order valence-corrected chi connectivity index (χ4v) is 3.81. The lowest BCUT2D eigenvalue weighted by Gasteiger charge is -2.29. The third-order valence-corrected chi connectivity index (χ3v) is 5.08. The minimum Gasteiger partial charge on any atom is -0.444 e. The van der Waals surface area contributed by atoms with Crippen LogP contribution in [0.15, 0.2) is 24.3 Å². The number of nitrogens with zero attached hydrogens (tertiary/aromatic N) is 2. The van der Waals surface area contributed by atoms with Gasteiger partial charge >= 0.3 is 6.09 Å². The molecule has 30 heavy (non-hydrogen) atoms. The summed E-state index contributed by atoms with van der Waals surface area (Å²) < 4.78 is 5.24. The smallest absolute Gasteiger partial charge is 0.407 e. The zero-order valence-electron chi connectivity index (χ0n) is 18.5. The van der Waals surface area contributed by atoms with Crippen molar-refractivity contribution in [1.29, 1.82) is 10.5 Å². The summed E-state index contributed by atoms with van der Waals surface area (Å²) in [5.41, 5.74) is 5.32. The summed E-state index contributed by atoms with van der Waals surface area (Å²) in [4.78, 5) is 11.6. The molecule has 0 spiro atoms. The SMILES string of the molecule is CC(C)(C)OC(=O)NC1CCCC(C=CC#N)C1.Cl.N#CC=CC1CCCC(N)C1. The quantitative estimate of drug-likeness (QED) is 0.593. The Morgan fingerprint density at radius 3 is 2.03 bits per heavy atom. The molecule has 0 aliphatic heterocycles. The maximum absolute atomic E-state index is 11.6. The fraction of sp³-hybridized carbons (Fsp3) is 0.696. The zero-order valence-corrected chi connectivity index (χ0v) is 19.3. The molecule has 0 bridgehead atoms. The number of halogens is 1. The maximum atomic E-state index is 11.6. The Kier molecular flexibility index (Phi) is 13.9. The summed E-state index contributed by atoms with van der Waals surface area (Å²) in [6.45, 7) is 5.56. The highest BCUT2D eigenvalue weighted by atomic mass is 35.5. The summed E-state index contributed by atoms with van der Waals surface area (Å²) in [6, 6.07) is 4.53. The van der Waals surface area contributed by atoms with Crippen LogP contribution in [0.4, 0.5) is 4.79 Å². The highest BCUT2D eigenvalue weighted by molar-refractivity contribution is 5.85. The second-order valence-corrected chi connectivity index (χ2v) is 8.93. The molecule has 168 valence electrons. The molecule has 2 saturated carbocycles. The first-order valence-corrected chi connectivity index (χ1v) is 10.6. The van der Waals surface area contributed by atoms with E-state index >= 15 is 0 Å². The molecule has 4 unspecified atom stereocenters. The number of hydrogen-bond acceptors (Lipinski definition) is 5. The van der Waals surface area contributed by atoms with E-state index in [-0.39, 0.29) is 24.5 Å². The summed E-state index contributed by atoms with van der Waals surface area (Å²) in [5.74, 6) is 0.941. The van der Waals surface area contributed by atoms with E-state index in [1.54, 1.807) is 6.08 Å². The molecule has 0 aromatic carbocycles. The van der Waals surface area contributed by atoms with Gasteiger partial charge in [0.05, 0.1) is 12.1 Å². The Labute approximate surface area is 187 Å². The van der Waals surface area contributed by atoms with Crippen LogP contribution in [0.25, 0.3) is 0 Å². The van der Waals surface area contributed by atoms with Gasteiger partial charge < -0.3 is 15.8 Å². The highest BCUT2D eigenvalue weighted by Crippen LogP contribution is 2.25. The maximum Gasteiger partial charge on any atom is 0.407 e. The predicted molar refractivity (Wildman–Crippen MR) is 122 cm³/mol. The molecule has 0 saturated heterocycles. The van der Waals surface area contributed by atoms with Gasteiger partial charge in [-0.2, -0.15) is 10.5 Å². The van der Waals surface area contributed by atoms with Crippen molar-refractivity contribution in [2.75, 3.05) is 0 Å². The largest absolute Gasteiger partial charge is 0.444 e. The van der Waals surface area contributed by atoms with Gasteiger partial charge in [-0.1, -0.05) is 25.0 Å². The summed E-state index contributed by atoms with van der Waals surface area (Å²) in [5, 5.41) is 19.7. The summed E-state index contributed by atoms with van der Waals surface area (Å²) >= 11 is 0. The zero-order chi connectivity index (χ0) is 21.7. The van der Waals surface area contributed by atoms with Crippen LogP contribution in [-0.2, 0) is 4.74 Å². The molecule has 4 atom stereocenters. The van der Waals surface area contributed by atoms with Crippen molar-refractivity contribution >= 4 is 18.5 Å². The molecule has 2 fully saturated rings. The first-order valence-electron chi connectivity index (χ1n) is 10.6. The van der Waals surface area contributed by atoms with Crippen LogP contribution in [0.5, 0.6) is 0 Å². The van der Waals surface area contributed by atoms with E-state index in [1.165, 1.54) is 18.9 Å². The number of carbonyl (C=O) groups is 1. The molecule has 1 amide bonds. The number of carbonyl (C=O) groups excluding carboxylic acids is 1. The molecule has 2 aliphatic carbocycles. The van der Waals surface area contributed by atoms with E-state index in [9.17, 15) is 4.79 Å². The minimum atomic E-state index is -0.459. The molecule has 0 heterocycles. The molecule has 2 aliphatic rings. The molecule has 3 N–H and O–H groups in total. The lowest BCUT2D eigenvalue weighted by molar-refractivity contribution is 0.0488. The van der Waals surface area contributed by atoms with Crippen LogP contribution >= 0.6 is 12.4 Å². The van der Waals surface area contributed by atoms with Gasteiger partial charge in [0.1, 0.15) is 5.60 Å². The second kappa shape index (κ2) is 14.9. The Bertz CT molecular complexity index is 643. The van der Waals surface area contributed by atoms with E-state index in [4.69, 9.17) is 21.0 Å². The van der Waals surface area contributed by atoms with Crippen LogP contribution in [0, 0.1) is 34.5 Å². The normalized spacial score (nSPS) is 26.5. The topological polar surface area (TPSA) is 112 Å². The Morgan fingerprint density at radius 2 is 1.53 bits per heavy atom. The fourth-order valence-electron chi connectivity index (χ4n) is 3.81. The van der Waals surface area contributed by atoms with Crippen LogP contribution in [0.3, 0.4) is 0 Å². The summed E-state index contributed by atoms with van der Waals surface area (Å²) in [7, 11) is 0. The van der Waals surface area contributed by atoms with Gasteiger partial charge in [-0.25, -0.2) is 4.79 Å². The molecule has 0 aromatic rings. The van der Waals surface area contributed by atoms with Crippen molar-refractivity contribution in [1.82, 2.24) is 5.32 Å². The predicted octanol–water partition coefficient (Wildman–Crippen LogP) is 5.16. The van der Waals surface area contributed by atoms with Crippen LogP contribution in [0.2, 0.25) is 0 Å². The number of alkyl carbamates (subject to hydrolysis) is 1. The van der Waals surface area contributed by atoms with Crippen molar-refractivity contribution in [3.05, 3.63) is 24.3 Å². The van der Waals surface area contributed by atoms with Crippen molar-refractivity contribution in [3.63, 3.8) is 0 Å². The number of nitrogens with one attached hydrogen (secondary N) is 1. The van der Waals surface area contributed by atoms with Gasteiger partial charge in [-0.05, 0) is 71.1 Å². The minimum absolute atomic E-state index is 0. The van der Waals surface area contributed by atoms with Gasteiger partial charge in [0, 0.05) is 24.2 Å². The Hall–Kier alpha value is -2.02. The number of amides is 1. The Balaban J connectivity index is 0.000000603. The van der Waals surface area contributed by atoms with E-state index in [1.807, 2.05) is 45.1 Å². The van der Waals surface area contributed by atoms with Crippen molar-refractivity contribution < 1.29 is 9.53 Å². The van der Waals surface area contributed by atoms with Crippen molar-refractivity contribution in [3.8, 4) is 12.1 Å². The monoisotopic (exact) mass is 436 g/mol. The van der Waals surface area contributed by atoms with Crippen LogP contribution < -0.4 is 11.1 Å². The van der Waals surface area contributed by atoms with Gasteiger partial charge in [0.2, 0.25) is 0 Å². The Morgan fingerprint density at radius 1 is 1.00 bits per heavy atom. The number of hydrogen-bond donors (Lipinski definition) is 2. The molecule has 2 rings (SSSR count). The highest BCUT2D eigenvalue weighted by Gasteiger charge is 2.24. The number of ether oxygens (including phenoxy) is 1. The van der Waals surface area contributed by atoms with Gasteiger partial charge in [0.15, 0.2) is 0 Å². The van der Waals surface area contributed by atoms with Gasteiger partial charge in [0.25, 0.3) is 0 Å². The second-order valence-electron chi connectivity index (χ2n) is 8.93. The van der Waals surface area contributed by atoms with E-state index in [2.05, 4.69) is 5.32 Å².